The molecule has 1 aliphatic heterocycles. The first kappa shape index (κ1) is 12.2. The fraction of sp³-hybridized carbons (Fsp3) is 0.538. The zero-order chi connectivity index (χ0) is 12.4. The summed E-state index contributed by atoms with van der Waals surface area (Å²) in [6.07, 6.45) is 2.21. The summed E-state index contributed by atoms with van der Waals surface area (Å²) in [7, 11) is 2.13. The Labute approximate surface area is 102 Å². The van der Waals surface area contributed by atoms with Gasteiger partial charge >= 0.3 is 0 Å². The summed E-state index contributed by atoms with van der Waals surface area (Å²) < 4.78 is 13.3. The van der Waals surface area contributed by atoms with Crippen LogP contribution in [0.5, 0.6) is 0 Å². The average Bonchev–Trinajstić information content (AvgIpc) is 2.29. The lowest BCUT2D eigenvalue weighted by atomic mass is 10.0. The zero-order valence-electron chi connectivity index (χ0n) is 10.5. The van der Waals surface area contributed by atoms with E-state index >= 15 is 0 Å². The third kappa shape index (κ3) is 2.88. The molecule has 17 heavy (non-hydrogen) atoms. The van der Waals surface area contributed by atoms with Crippen LogP contribution in [0.3, 0.4) is 0 Å². The lowest BCUT2D eigenvalue weighted by molar-refractivity contribution is 0.264. The molecule has 0 radical (unpaired) electrons. The first-order valence-electron chi connectivity index (χ1n) is 6.07. The van der Waals surface area contributed by atoms with Crippen LogP contribution in [-0.4, -0.2) is 31.1 Å². The van der Waals surface area contributed by atoms with Crippen molar-refractivity contribution in [1.82, 2.24) is 4.90 Å². The van der Waals surface area contributed by atoms with Crippen molar-refractivity contribution in [1.29, 1.82) is 0 Å². The molecule has 3 nitrogen and oxygen atoms in total. The van der Waals surface area contributed by atoms with Gasteiger partial charge in [-0.3, -0.25) is 0 Å². The molecule has 4 heteroatoms. The van der Waals surface area contributed by atoms with Crippen molar-refractivity contribution < 1.29 is 4.39 Å². The topological polar surface area (TPSA) is 41.3 Å². The number of nitrogens with zero attached hydrogens (tertiary/aromatic N) is 1. The summed E-state index contributed by atoms with van der Waals surface area (Å²) in [6.45, 7) is 3.95. The van der Waals surface area contributed by atoms with Crippen LogP contribution >= 0.6 is 0 Å². The van der Waals surface area contributed by atoms with E-state index in [0.717, 1.165) is 31.6 Å². The highest BCUT2D eigenvalue weighted by Crippen LogP contribution is 2.25. The highest BCUT2D eigenvalue weighted by molar-refractivity contribution is 5.67. The predicted molar refractivity (Wildman–Crippen MR) is 69.7 cm³/mol. The molecule has 0 amide bonds. The number of hydrogen-bond donors (Lipinski definition) is 2. The Bertz CT molecular complexity index is 398. The van der Waals surface area contributed by atoms with Gasteiger partial charge in [0, 0.05) is 6.04 Å². The van der Waals surface area contributed by atoms with Crippen LogP contribution in [0, 0.1) is 12.7 Å². The maximum Gasteiger partial charge on any atom is 0.128 e. The Morgan fingerprint density at radius 1 is 1.35 bits per heavy atom. The summed E-state index contributed by atoms with van der Waals surface area (Å²) in [5.74, 6) is -0.239. The number of anilines is 2. The minimum Gasteiger partial charge on any atom is -0.397 e. The molecule has 1 fully saturated rings. The van der Waals surface area contributed by atoms with Crippen LogP contribution in [0.1, 0.15) is 18.4 Å². The maximum absolute atomic E-state index is 13.3. The number of benzene rings is 1. The summed E-state index contributed by atoms with van der Waals surface area (Å²) in [5, 5.41) is 3.42. The molecule has 94 valence electrons. The van der Waals surface area contributed by atoms with Crippen LogP contribution in [0.25, 0.3) is 0 Å². The van der Waals surface area contributed by atoms with Crippen LogP contribution in [0.4, 0.5) is 15.8 Å². The van der Waals surface area contributed by atoms with Gasteiger partial charge < -0.3 is 16.0 Å². The molecular formula is C13H20FN3. The van der Waals surface area contributed by atoms with Crippen molar-refractivity contribution >= 4 is 11.4 Å². The van der Waals surface area contributed by atoms with Gasteiger partial charge in [-0.25, -0.2) is 4.39 Å². The van der Waals surface area contributed by atoms with E-state index in [0.29, 0.717) is 17.3 Å². The number of nitrogen functional groups attached to an aromatic ring is 1. The van der Waals surface area contributed by atoms with Crippen molar-refractivity contribution in [3.63, 3.8) is 0 Å². The zero-order valence-corrected chi connectivity index (χ0v) is 10.5. The Morgan fingerprint density at radius 2 is 2.00 bits per heavy atom. The Balaban J connectivity index is 2.06. The summed E-state index contributed by atoms with van der Waals surface area (Å²) >= 11 is 0. The van der Waals surface area contributed by atoms with Gasteiger partial charge in [0.25, 0.3) is 0 Å². The number of nitrogens with one attached hydrogen (secondary N) is 1. The smallest absolute Gasteiger partial charge is 0.128 e. The average molecular weight is 237 g/mol. The minimum atomic E-state index is -0.239. The second-order valence-electron chi connectivity index (χ2n) is 4.91. The highest BCUT2D eigenvalue weighted by Gasteiger charge is 2.17. The number of rotatable bonds is 2. The van der Waals surface area contributed by atoms with Crippen LogP contribution in [-0.2, 0) is 0 Å². The van der Waals surface area contributed by atoms with Crippen molar-refractivity contribution in [3.8, 4) is 0 Å². The third-order valence-corrected chi connectivity index (χ3v) is 3.41. The molecule has 0 aliphatic carbocycles. The number of likely N-dealkylation sites (tertiary alicyclic amines) is 1. The van der Waals surface area contributed by atoms with Crippen molar-refractivity contribution in [2.75, 3.05) is 31.2 Å². The fourth-order valence-corrected chi connectivity index (χ4v) is 2.19. The van der Waals surface area contributed by atoms with Gasteiger partial charge in [-0.05, 0) is 57.6 Å². The van der Waals surface area contributed by atoms with Gasteiger partial charge in [-0.1, -0.05) is 0 Å². The van der Waals surface area contributed by atoms with E-state index in [1.807, 2.05) is 0 Å². The van der Waals surface area contributed by atoms with Crippen LogP contribution < -0.4 is 11.1 Å². The number of hydrogen-bond acceptors (Lipinski definition) is 3. The van der Waals surface area contributed by atoms with Crippen LogP contribution in [0.15, 0.2) is 12.1 Å². The fourth-order valence-electron chi connectivity index (χ4n) is 2.19. The second kappa shape index (κ2) is 4.92. The lowest BCUT2D eigenvalue weighted by Gasteiger charge is -2.30. The molecule has 0 spiro atoms. The maximum atomic E-state index is 13.3. The SMILES string of the molecule is Cc1cc(NC2CCN(C)CC2)c(N)cc1F. The van der Waals surface area contributed by atoms with E-state index in [4.69, 9.17) is 5.73 Å². The molecule has 0 saturated carbocycles. The van der Waals surface area contributed by atoms with Crippen molar-refractivity contribution in [3.05, 3.63) is 23.5 Å². The van der Waals surface area contributed by atoms with E-state index in [-0.39, 0.29) is 5.82 Å². The number of nitrogens with two attached hydrogens (primary N) is 1. The highest BCUT2D eigenvalue weighted by atomic mass is 19.1. The molecule has 1 aliphatic rings. The molecule has 0 bridgehead atoms. The van der Waals surface area contributed by atoms with Gasteiger partial charge in [0.15, 0.2) is 0 Å². The van der Waals surface area contributed by atoms with Gasteiger partial charge in [0.05, 0.1) is 11.4 Å². The standard InChI is InChI=1S/C13H20FN3/c1-9-7-13(12(15)8-11(9)14)16-10-3-5-17(2)6-4-10/h7-8,10,16H,3-6,15H2,1-2H3. The van der Waals surface area contributed by atoms with Crippen molar-refractivity contribution in [2.24, 2.45) is 0 Å². The van der Waals surface area contributed by atoms with Gasteiger partial charge in [-0.2, -0.15) is 0 Å². The minimum absolute atomic E-state index is 0.239. The number of piperidine rings is 1. The molecule has 1 aromatic rings. The predicted octanol–water partition coefficient (Wildman–Crippen LogP) is 2.22. The van der Waals surface area contributed by atoms with E-state index in [9.17, 15) is 4.39 Å². The Kier molecular flexibility index (Phi) is 3.52. The first-order valence-corrected chi connectivity index (χ1v) is 6.07. The molecule has 0 unspecified atom stereocenters. The molecule has 2 rings (SSSR count). The Morgan fingerprint density at radius 3 is 2.65 bits per heavy atom. The molecule has 3 N–H and O–H groups in total. The van der Waals surface area contributed by atoms with E-state index < -0.39 is 0 Å². The van der Waals surface area contributed by atoms with E-state index in [1.165, 1.54) is 6.07 Å². The quantitative estimate of drug-likeness (QED) is 0.775. The van der Waals surface area contributed by atoms with Gasteiger partial charge in [0.2, 0.25) is 0 Å². The second-order valence-corrected chi connectivity index (χ2v) is 4.91. The van der Waals surface area contributed by atoms with Crippen molar-refractivity contribution in [2.45, 2.75) is 25.8 Å². The summed E-state index contributed by atoms with van der Waals surface area (Å²) in [5.41, 5.74) is 7.81. The molecule has 1 heterocycles. The molecule has 1 saturated heterocycles. The molecular weight excluding hydrogens is 217 g/mol. The van der Waals surface area contributed by atoms with Gasteiger partial charge in [0.1, 0.15) is 5.82 Å². The normalized spacial score (nSPS) is 18.3. The Hall–Kier alpha value is -1.29. The van der Waals surface area contributed by atoms with E-state index in [2.05, 4.69) is 17.3 Å². The first-order chi connectivity index (χ1) is 8.06. The monoisotopic (exact) mass is 237 g/mol. The summed E-state index contributed by atoms with van der Waals surface area (Å²) in [6, 6.07) is 3.63. The van der Waals surface area contributed by atoms with E-state index in [1.54, 1.807) is 13.0 Å². The lowest BCUT2D eigenvalue weighted by Crippen LogP contribution is -2.36. The number of aryl methyl sites for hydroxylation is 1. The molecule has 0 atom stereocenters. The van der Waals surface area contributed by atoms with Gasteiger partial charge in [-0.15, -0.1) is 0 Å². The molecule has 1 aromatic carbocycles. The summed E-state index contributed by atoms with van der Waals surface area (Å²) in [4.78, 5) is 2.32. The number of halogens is 1. The van der Waals surface area contributed by atoms with Crippen LogP contribution in [0.2, 0.25) is 0 Å². The largest absolute Gasteiger partial charge is 0.397 e. The third-order valence-electron chi connectivity index (χ3n) is 3.41. The molecule has 0 aromatic heterocycles.